The lowest BCUT2D eigenvalue weighted by atomic mass is 9.87. The standard InChI is InChI=1S/C40H47NO19S/c1-20(42)41-31-28(54-22(3)44)17-40(59-25(6)47,60-35(31)34(56-24(5)46)30(55-23(4)45)19-52-21(2)43)39(51)58-36-33(49)32(48)29(18-53-37(50)26-13-9-7-10-14-26)57-38(36)61-27-15-11-8-12-16-27/h7-16,28-36,38,48-49H,17-19H2,1-6H3,(H,41,42)/t28-,29+,30+,31+,32-,33-,34+,35+,36+,38-,40-/m0/s1. The Hall–Kier alpha value is -5.61. The fourth-order valence-electron chi connectivity index (χ4n) is 6.51. The average Bonchev–Trinajstić information content (AvgIpc) is 3.18. The Morgan fingerprint density at radius 2 is 1.39 bits per heavy atom. The van der Waals surface area contributed by atoms with E-state index in [2.05, 4.69) is 5.32 Å². The van der Waals surface area contributed by atoms with E-state index in [0.717, 1.165) is 53.3 Å². The van der Waals surface area contributed by atoms with Crippen LogP contribution in [0.3, 0.4) is 0 Å². The number of hydrogen-bond donors (Lipinski definition) is 3. The molecule has 2 aromatic carbocycles. The van der Waals surface area contributed by atoms with E-state index < -0.39 is 133 Å². The molecule has 2 heterocycles. The summed E-state index contributed by atoms with van der Waals surface area (Å²) < 4.78 is 50.5. The fraction of sp³-hybridized carbons (Fsp3) is 0.500. The van der Waals surface area contributed by atoms with Gasteiger partial charge in [0.1, 0.15) is 49.2 Å². The Kier molecular flexibility index (Phi) is 17.2. The number of esters is 7. The van der Waals surface area contributed by atoms with Crippen molar-refractivity contribution in [3.05, 3.63) is 66.2 Å². The number of aliphatic hydroxyl groups is 2. The van der Waals surface area contributed by atoms with Gasteiger partial charge >= 0.3 is 47.6 Å². The third kappa shape index (κ3) is 13.4. The highest BCUT2D eigenvalue weighted by Gasteiger charge is 2.62. The molecule has 20 nitrogen and oxygen atoms in total. The number of benzene rings is 2. The van der Waals surface area contributed by atoms with Crippen molar-refractivity contribution in [3.63, 3.8) is 0 Å². The van der Waals surface area contributed by atoms with Gasteiger partial charge in [-0.2, -0.15) is 0 Å². The molecule has 2 fully saturated rings. The maximum absolute atomic E-state index is 14.7. The van der Waals surface area contributed by atoms with E-state index in [1.54, 1.807) is 48.5 Å². The Balaban J connectivity index is 1.79. The fourth-order valence-corrected chi connectivity index (χ4v) is 7.64. The van der Waals surface area contributed by atoms with Crippen molar-refractivity contribution in [1.29, 1.82) is 0 Å². The molecule has 0 saturated carbocycles. The third-order valence-electron chi connectivity index (χ3n) is 8.89. The van der Waals surface area contributed by atoms with Crippen LogP contribution in [-0.4, -0.2) is 137 Å². The van der Waals surface area contributed by atoms with Crippen molar-refractivity contribution in [3.8, 4) is 0 Å². The van der Waals surface area contributed by atoms with E-state index in [1.165, 1.54) is 12.1 Å². The van der Waals surface area contributed by atoms with E-state index in [1.807, 2.05) is 0 Å². The van der Waals surface area contributed by atoms with Crippen molar-refractivity contribution in [2.75, 3.05) is 13.2 Å². The van der Waals surface area contributed by atoms with Gasteiger partial charge in [-0.25, -0.2) is 9.59 Å². The summed E-state index contributed by atoms with van der Waals surface area (Å²) in [5.74, 6) is -11.1. The highest BCUT2D eigenvalue weighted by Crippen LogP contribution is 2.40. The quantitative estimate of drug-likeness (QED) is 0.156. The van der Waals surface area contributed by atoms with Crippen LogP contribution in [-0.2, 0) is 76.2 Å². The number of ether oxygens (including phenoxy) is 9. The molecule has 4 rings (SSSR count). The number of carbonyl (C=O) groups excluding carboxylic acids is 8. The molecule has 0 aliphatic carbocycles. The molecule has 0 bridgehead atoms. The second-order valence-corrected chi connectivity index (χ2v) is 15.0. The lowest BCUT2D eigenvalue weighted by Crippen LogP contribution is -2.70. The molecule has 332 valence electrons. The first-order chi connectivity index (χ1) is 28.8. The van der Waals surface area contributed by atoms with Gasteiger partial charge in [0.05, 0.1) is 18.0 Å². The number of carbonyl (C=O) groups is 8. The highest BCUT2D eigenvalue weighted by molar-refractivity contribution is 7.99. The molecule has 0 spiro atoms. The van der Waals surface area contributed by atoms with Crippen LogP contribution < -0.4 is 5.32 Å². The first-order valence-electron chi connectivity index (χ1n) is 18.8. The highest BCUT2D eigenvalue weighted by atomic mass is 32.2. The molecular formula is C40H47NO19S. The summed E-state index contributed by atoms with van der Waals surface area (Å²) in [7, 11) is 0. The Labute approximate surface area is 353 Å². The van der Waals surface area contributed by atoms with Crippen LogP contribution in [0.5, 0.6) is 0 Å². The average molecular weight is 878 g/mol. The number of thioether (sulfide) groups is 1. The lowest BCUT2D eigenvalue weighted by molar-refractivity contribution is -0.311. The van der Waals surface area contributed by atoms with Gasteiger partial charge in [-0.1, -0.05) is 48.2 Å². The van der Waals surface area contributed by atoms with Crippen molar-refractivity contribution >= 4 is 59.5 Å². The minimum Gasteiger partial charge on any atom is -0.462 e. The second-order valence-electron chi connectivity index (χ2n) is 13.8. The second kappa shape index (κ2) is 21.8. The number of aliphatic hydroxyl groups excluding tert-OH is 2. The van der Waals surface area contributed by atoms with Crippen LogP contribution in [0.15, 0.2) is 65.6 Å². The predicted molar refractivity (Wildman–Crippen MR) is 204 cm³/mol. The maximum Gasteiger partial charge on any atom is 0.380 e. The summed E-state index contributed by atoms with van der Waals surface area (Å²) in [6.07, 6.45) is -15.2. The molecule has 21 heteroatoms. The minimum atomic E-state index is -2.99. The predicted octanol–water partition coefficient (Wildman–Crippen LogP) is 0.905. The van der Waals surface area contributed by atoms with Gasteiger partial charge in [-0.15, -0.1) is 0 Å². The zero-order valence-electron chi connectivity index (χ0n) is 33.9. The molecule has 2 aliphatic heterocycles. The largest absolute Gasteiger partial charge is 0.462 e. The first kappa shape index (κ1) is 48.1. The van der Waals surface area contributed by atoms with Crippen molar-refractivity contribution in [1.82, 2.24) is 5.32 Å². The lowest BCUT2D eigenvalue weighted by Gasteiger charge is -2.49. The van der Waals surface area contributed by atoms with E-state index in [0.29, 0.717) is 4.90 Å². The van der Waals surface area contributed by atoms with Gasteiger partial charge in [0.2, 0.25) is 5.91 Å². The number of hydrogen-bond acceptors (Lipinski definition) is 20. The Morgan fingerprint density at radius 3 is 1.95 bits per heavy atom. The van der Waals surface area contributed by atoms with Crippen molar-refractivity contribution in [2.45, 2.75) is 119 Å². The van der Waals surface area contributed by atoms with Gasteiger partial charge < -0.3 is 58.2 Å². The molecule has 3 N–H and O–H groups in total. The Morgan fingerprint density at radius 1 is 0.770 bits per heavy atom. The van der Waals surface area contributed by atoms with Crippen LogP contribution in [0, 0.1) is 0 Å². The van der Waals surface area contributed by atoms with Gasteiger partial charge in [0.25, 0.3) is 0 Å². The van der Waals surface area contributed by atoms with Gasteiger partial charge in [-0.3, -0.25) is 28.8 Å². The zero-order chi connectivity index (χ0) is 45.0. The molecule has 0 unspecified atom stereocenters. The molecule has 2 aliphatic rings. The molecule has 2 saturated heterocycles. The summed E-state index contributed by atoms with van der Waals surface area (Å²) in [6.45, 7) is 4.59. The summed E-state index contributed by atoms with van der Waals surface area (Å²) in [4.78, 5) is 103. The van der Waals surface area contributed by atoms with Crippen molar-refractivity contribution < 1.29 is 91.2 Å². The van der Waals surface area contributed by atoms with Crippen molar-refractivity contribution in [2.24, 2.45) is 0 Å². The smallest absolute Gasteiger partial charge is 0.380 e. The molecule has 1 amide bonds. The monoisotopic (exact) mass is 877 g/mol. The molecule has 61 heavy (non-hydrogen) atoms. The molecule has 0 radical (unpaired) electrons. The van der Waals surface area contributed by atoms with Crippen LogP contribution in [0.1, 0.15) is 58.3 Å². The number of rotatable bonds is 16. The summed E-state index contributed by atoms with van der Waals surface area (Å²) in [5, 5.41) is 25.4. The van der Waals surface area contributed by atoms with E-state index in [9.17, 15) is 48.6 Å². The summed E-state index contributed by atoms with van der Waals surface area (Å²) in [5.41, 5.74) is -1.17. The number of nitrogens with one attached hydrogen (secondary N) is 1. The maximum atomic E-state index is 14.7. The summed E-state index contributed by atoms with van der Waals surface area (Å²) >= 11 is 0.936. The molecule has 2 aromatic rings. The van der Waals surface area contributed by atoms with Crippen LogP contribution >= 0.6 is 11.8 Å². The van der Waals surface area contributed by atoms with Gasteiger partial charge in [-0.05, 0) is 24.3 Å². The molecular weight excluding hydrogens is 830 g/mol. The summed E-state index contributed by atoms with van der Waals surface area (Å²) in [6, 6.07) is 14.8. The van der Waals surface area contributed by atoms with Gasteiger partial charge in [0.15, 0.2) is 18.3 Å². The number of amides is 1. The minimum absolute atomic E-state index is 0.200. The first-order valence-corrected chi connectivity index (χ1v) is 19.6. The SMILES string of the molecule is CC(=O)N[C@H]1[C@H]([C@H](OC(C)=O)[C@@H](COC(C)=O)OC(C)=O)O[C@](OC(C)=O)(C(=O)O[C@@H]2[C@@H](O)[C@@H](O)[C@@H](COC(=O)c3ccccc3)O[C@H]2Sc2ccccc2)C[C@@H]1OC(C)=O. The Bertz CT molecular complexity index is 1900. The van der Waals surface area contributed by atoms with E-state index in [4.69, 9.17) is 42.6 Å². The van der Waals surface area contributed by atoms with E-state index in [-0.39, 0.29) is 5.56 Å². The van der Waals surface area contributed by atoms with Crippen LogP contribution in [0.4, 0.5) is 0 Å². The van der Waals surface area contributed by atoms with Crippen LogP contribution in [0.25, 0.3) is 0 Å². The molecule has 11 atom stereocenters. The molecule has 0 aromatic heterocycles. The topological polar surface area (TPSA) is 272 Å². The van der Waals surface area contributed by atoms with Gasteiger partial charge in [0, 0.05) is 46.4 Å². The van der Waals surface area contributed by atoms with Crippen LogP contribution in [0.2, 0.25) is 0 Å². The third-order valence-corrected chi connectivity index (χ3v) is 10.0. The van der Waals surface area contributed by atoms with E-state index >= 15 is 0 Å². The zero-order valence-corrected chi connectivity index (χ0v) is 34.7. The normalized spacial score (nSPS) is 26.8.